The van der Waals surface area contributed by atoms with E-state index in [1.54, 1.807) is 13.8 Å². The maximum absolute atomic E-state index is 13.5. The fraction of sp³-hybridized carbons (Fsp3) is 0.267. The molecular formula is C15H15F2N3O3. The molecular weight excluding hydrogens is 308 g/mol. The predicted octanol–water partition coefficient (Wildman–Crippen LogP) is 2.11. The van der Waals surface area contributed by atoms with Crippen molar-refractivity contribution in [2.45, 2.75) is 20.4 Å². The summed E-state index contributed by atoms with van der Waals surface area (Å²) in [6.07, 6.45) is 0. The van der Waals surface area contributed by atoms with Gasteiger partial charge in [-0.25, -0.2) is 18.3 Å². The van der Waals surface area contributed by atoms with Crippen LogP contribution < -0.4 is 5.73 Å². The first-order valence-corrected chi connectivity index (χ1v) is 6.84. The van der Waals surface area contributed by atoms with Gasteiger partial charge in [0.15, 0.2) is 18.2 Å². The number of aromatic nitrogens is 2. The van der Waals surface area contributed by atoms with Crippen LogP contribution in [0.4, 0.5) is 14.6 Å². The molecule has 0 radical (unpaired) electrons. The third-order valence-electron chi connectivity index (χ3n) is 3.26. The summed E-state index contributed by atoms with van der Waals surface area (Å²) in [5, 5.41) is 4.06. The fourth-order valence-electron chi connectivity index (χ4n) is 2.09. The second-order valence-corrected chi connectivity index (χ2v) is 4.76. The number of ether oxygens (including phenoxy) is 1. The van der Waals surface area contributed by atoms with Crippen molar-refractivity contribution in [1.29, 1.82) is 0 Å². The Bertz CT molecular complexity index is 772. The molecule has 6 nitrogen and oxygen atoms in total. The predicted molar refractivity (Wildman–Crippen MR) is 78.0 cm³/mol. The van der Waals surface area contributed by atoms with Crippen LogP contribution in [0.15, 0.2) is 18.2 Å². The highest BCUT2D eigenvalue weighted by Gasteiger charge is 2.22. The zero-order valence-electron chi connectivity index (χ0n) is 12.6. The minimum atomic E-state index is -1.27. The number of halogens is 2. The number of hydrogen-bond acceptors (Lipinski definition) is 5. The number of nitrogens with zero attached hydrogens (tertiary/aromatic N) is 2. The molecule has 0 aliphatic rings. The van der Waals surface area contributed by atoms with Gasteiger partial charge in [0.25, 0.3) is 0 Å². The Kier molecular flexibility index (Phi) is 4.73. The molecule has 0 aliphatic carbocycles. The highest BCUT2D eigenvalue weighted by Crippen LogP contribution is 2.18. The molecule has 0 saturated carbocycles. The van der Waals surface area contributed by atoms with Crippen molar-refractivity contribution in [3.8, 4) is 0 Å². The van der Waals surface area contributed by atoms with Crippen LogP contribution in [0, 0.1) is 18.6 Å². The van der Waals surface area contributed by atoms with Gasteiger partial charge in [-0.3, -0.25) is 4.79 Å². The Hall–Kier alpha value is -2.77. The summed E-state index contributed by atoms with van der Waals surface area (Å²) in [4.78, 5) is 23.9. The molecule has 8 heteroatoms. The van der Waals surface area contributed by atoms with E-state index in [4.69, 9.17) is 10.5 Å². The van der Waals surface area contributed by atoms with E-state index in [9.17, 15) is 18.4 Å². The van der Waals surface area contributed by atoms with Gasteiger partial charge in [-0.1, -0.05) is 6.07 Å². The van der Waals surface area contributed by atoms with E-state index in [1.165, 1.54) is 10.7 Å². The van der Waals surface area contributed by atoms with Crippen LogP contribution in [0.2, 0.25) is 0 Å². The largest absolute Gasteiger partial charge is 0.454 e. The van der Waals surface area contributed by atoms with Gasteiger partial charge in [-0.2, -0.15) is 5.10 Å². The average Bonchev–Trinajstić information content (AvgIpc) is 2.81. The molecule has 23 heavy (non-hydrogen) atoms. The van der Waals surface area contributed by atoms with Crippen LogP contribution >= 0.6 is 0 Å². The number of nitrogen functional groups attached to an aromatic ring is 1. The molecule has 1 heterocycles. The summed E-state index contributed by atoms with van der Waals surface area (Å²) in [6, 6.07) is 3.20. The topological polar surface area (TPSA) is 87.2 Å². The molecule has 2 N–H and O–H groups in total. The molecule has 1 aromatic carbocycles. The third-order valence-corrected chi connectivity index (χ3v) is 3.26. The number of Topliss-reactive ketones (excluding diaryl/α,β-unsaturated/α-hetero) is 1. The van der Waals surface area contributed by atoms with E-state index in [0.29, 0.717) is 12.2 Å². The van der Waals surface area contributed by atoms with Gasteiger partial charge >= 0.3 is 5.97 Å². The monoisotopic (exact) mass is 323 g/mol. The number of ketones is 1. The molecule has 2 aromatic rings. The average molecular weight is 323 g/mol. The lowest BCUT2D eigenvalue weighted by Gasteiger charge is -2.06. The molecule has 0 fully saturated rings. The van der Waals surface area contributed by atoms with E-state index in [1.807, 2.05) is 0 Å². The second kappa shape index (κ2) is 6.55. The van der Waals surface area contributed by atoms with E-state index in [-0.39, 0.29) is 11.4 Å². The SMILES string of the molecule is CCn1nc(C)c(C(=O)OCC(=O)c2cccc(F)c2F)c1N. The standard InChI is InChI=1S/C15H15F2N3O3/c1-3-20-14(18)12(8(2)19-20)15(22)23-7-11(21)9-5-4-6-10(16)13(9)17/h4-6H,3,7,18H2,1-2H3. The van der Waals surface area contributed by atoms with Crippen molar-refractivity contribution < 1.29 is 23.1 Å². The van der Waals surface area contributed by atoms with Crippen molar-refractivity contribution in [3.05, 3.63) is 46.7 Å². The summed E-state index contributed by atoms with van der Waals surface area (Å²) >= 11 is 0. The summed E-state index contributed by atoms with van der Waals surface area (Å²) in [7, 11) is 0. The summed E-state index contributed by atoms with van der Waals surface area (Å²) < 4.78 is 32.9. The number of esters is 1. The Labute approximate surface area is 130 Å². The Morgan fingerprint density at radius 2 is 2.04 bits per heavy atom. The second-order valence-electron chi connectivity index (χ2n) is 4.76. The molecule has 0 atom stereocenters. The first-order chi connectivity index (χ1) is 10.9. The van der Waals surface area contributed by atoms with E-state index in [0.717, 1.165) is 12.1 Å². The van der Waals surface area contributed by atoms with Gasteiger partial charge in [0, 0.05) is 6.54 Å². The number of aryl methyl sites for hydroxylation is 2. The van der Waals surface area contributed by atoms with Gasteiger partial charge in [-0.15, -0.1) is 0 Å². The molecule has 1 aromatic heterocycles. The summed E-state index contributed by atoms with van der Waals surface area (Å²) in [6.45, 7) is 3.12. The summed E-state index contributed by atoms with van der Waals surface area (Å²) in [5.74, 6) is -3.99. The maximum atomic E-state index is 13.5. The minimum absolute atomic E-state index is 0.0550. The van der Waals surface area contributed by atoms with Crippen molar-refractivity contribution in [2.75, 3.05) is 12.3 Å². The van der Waals surface area contributed by atoms with Crippen LogP contribution in [0.3, 0.4) is 0 Å². The van der Waals surface area contributed by atoms with Gasteiger partial charge in [-0.05, 0) is 26.0 Å². The van der Waals surface area contributed by atoms with Crippen LogP contribution in [0.25, 0.3) is 0 Å². The first kappa shape index (κ1) is 16.6. The number of anilines is 1. The number of rotatable bonds is 5. The fourth-order valence-corrected chi connectivity index (χ4v) is 2.09. The van der Waals surface area contributed by atoms with Crippen molar-refractivity contribution in [2.24, 2.45) is 0 Å². The number of hydrogen-bond donors (Lipinski definition) is 1. The third kappa shape index (κ3) is 3.20. The first-order valence-electron chi connectivity index (χ1n) is 6.84. The molecule has 0 spiro atoms. The Balaban J connectivity index is 2.12. The van der Waals surface area contributed by atoms with Gasteiger partial charge < -0.3 is 10.5 Å². The lowest BCUT2D eigenvalue weighted by atomic mass is 10.1. The highest BCUT2D eigenvalue weighted by atomic mass is 19.2. The quantitative estimate of drug-likeness (QED) is 0.672. The molecule has 0 unspecified atom stereocenters. The minimum Gasteiger partial charge on any atom is -0.454 e. The van der Waals surface area contributed by atoms with E-state index >= 15 is 0 Å². The summed E-state index contributed by atoms with van der Waals surface area (Å²) in [5.41, 5.74) is 5.72. The normalized spacial score (nSPS) is 10.6. The number of carbonyl (C=O) groups is 2. The van der Waals surface area contributed by atoms with Gasteiger partial charge in [0.1, 0.15) is 11.4 Å². The Morgan fingerprint density at radius 1 is 1.35 bits per heavy atom. The molecule has 0 saturated heterocycles. The smallest absolute Gasteiger partial charge is 0.344 e. The van der Waals surface area contributed by atoms with Gasteiger partial charge in [0.2, 0.25) is 5.78 Å². The van der Waals surface area contributed by atoms with E-state index in [2.05, 4.69) is 5.10 Å². The number of benzene rings is 1. The lowest BCUT2D eigenvalue weighted by Crippen LogP contribution is -2.17. The zero-order chi connectivity index (χ0) is 17.1. The zero-order valence-corrected chi connectivity index (χ0v) is 12.6. The molecule has 0 bridgehead atoms. The molecule has 0 aliphatic heterocycles. The van der Waals surface area contributed by atoms with Gasteiger partial charge in [0.05, 0.1) is 11.3 Å². The molecule has 2 rings (SSSR count). The van der Waals surface area contributed by atoms with Crippen LogP contribution in [0.5, 0.6) is 0 Å². The van der Waals surface area contributed by atoms with E-state index < -0.39 is 35.6 Å². The van der Waals surface area contributed by atoms with Crippen LogP contribution in [-0.4, -0.2) is 28.1 Å². The van der Waals surface area contributed by atoms with Crippen molar-refractivity contribution in [3.63, 3.8) is 0 Å². The maximum Gasteiger partial charge on any atom is 0.344 e. The highest BCUT2D eigenvalue weighted by molar-refractivity contribution is 6.01. The van der Waals surface area contributed by atoms with Crippen LogP contribution in [0.1, 0.15) is 33.3 Å². The number of carbonyl (C=O) groups excluding carboxylic acids is 2. The van der Waals surface area contributed by atoms with Crippen molar-refractivity contribution in [1.82, 2.24) is 9.78 Å². The Morgan fingerprint density at radius 3 is 2.65 bits per heavy atom. The molecule has 0 amide bonds. The lowest BCUT2D eigenvalue weighted by molar-refractivity contribution is 0.0473. The van der Waals surface area contributed by atoms with Crippen LogP contribution in [-0.2, 0) is 11.3 Å². The van der Waals surface area contributed by atoms with Crippen molar-refractivity contribution >= 4 is 17.6 Å². The molecule has 122 valence electrons. The number of nitrogens with two attached hydrogens (primary N) is 1.